The summed E-state index contributed by atoms with van der Waals surface area (Å²) in [5.41, 5.74) is 4.14. The van der Waals surface area contributed by atoms with E-state index in [0.29, 0.717) is 25.3 Å². The summed E-state index contributed by atoms with van der Waals surface area (Å²) in [5.74, 6) is 0.496. The van der Waals surface area contributed by atoms with Gasteiger partial charge in [-0.25, -0.2) is 9.59 Å². The van der Waals surface area contributed by atoms with E-state index < -0.39 is 23.6 Å². The van der Waals surface area contributed by atoms with Crippen molar-refractivity contribution in [3.63, 3.8) is 0 Å². The van der Waals surface area contributed by atoms with Gasteiger partial charge in [-0.05, 0) is 51.0 Å². The SMILES string of the molecule is CC/C=C\C/C=C\C/C=C\C/C=C\C/C=C\CCCC(=O)NCCN(C)C(=O)O[C@H]1O[C@H](n2ccc(N)nc2=O)CS1. The van der Waals surface area contributed by atoms with Crippen LogP contribution in [0, 0.1) is 0 Å². The Bertz CT molecular complexity index is 1160. The lowest BCUT2D eigenvalue weighted by Gasteiger charge is -2.20. The normalized spacial score (nSPS) is 17.4. The molecule has 0 bridgehead atoms. The van der Waals surface area contributed by atoms with E-state index in [1.165, 1.54) is 33.5 Å². The molecule has 11 heteroatoms. The van der Waals surface area contributed by atoms with E-state index in [-0.39, 0.29) is 11.7 Å². The van der Waals surface area contributed by atoms with E-state index in [0.717, 1.165) is 44.9 Å². The van der Waals surface area contributed by atoms with Crippen molar-refractivity contribution in [3.05, 3.63) is 83.5 Å². The van der Waals surface area contributed by atoms with Crippen LogP contribution in [0.5, 0.6) is 0 Å². The fraction of sp³-hybridized carbons (Fsp3) is 0.484. The Kier molecular flexibility index (Phi) is 17.5. The molecule has 2 atom stereocenters. The summed E-state index contributed by atoms with van der Waals surface area (Å²) >= 11 is 1.26. The standard InChI is InChI=1S/C31H45N5O5S/c1-3-4-5-6-7-8-9-10-11-12-13-14-15-16-17-18-19-20-27(37)33-22-24-35(2)30(39)41-31-40-28(25-42-31)36-23-21-26(32)34-29(36)38/h4-5,7-8,10-11,13-14,16-17,21,23,28,31H,3,6,9,12,15,18-20,22,24-25H2,1-2H3,(H,33,37)(H2,32,34,38)/b5-4-,8-7-,11-10-,14-13-,17-16-/t28-,31+/m0/s1. The molecule has 0 unspecified atom stereocenters. The van der Waals surface area contributed by atoms with Crippen LogP contribution in [-0.4, -0.2) is 58.0 Å². The highest BCUT2D eigenvalue weighted by Gasteiger charge is 2.31. The van der Waals surface area contributed by atoms with Crippen molar-refractivity contribution >= 4 is 29.6 Å². The van der Waals surface area contributed by atoms with Crippen LogP contribution in [0.2, 0.25) is 0 Å². The van der Waals surface area contributed by atoms with Crippen LogP contribution in [0.15, 0.2) is 77.8 Å². The molecule has 3 N–H and O–H groups in total. The summed E-state index contributed by atoms with van der Waals surface area (Å²) in [4.78, 5) is 41.5. The van der Waals surface area contributed by atoms with Crippen LogP contribution < -0.4 is 16.7 Å². The van der Waals surface area contributed by atoms with Crippen LogP contribution in [0.4, 0.5) is 10.6 Å². The number of carbonyl (C=O) groups excluding carboxylic acids is 2. The second-order valence-corrected chi connectivity index (χ2v) is 10.6. The van der Waals surface area contributed by atoms with E-state index >= 15 is 0 Å². The second-order valence-electron chi connectivity index (χ2n) is 9.51. The summed E-state index contributed by atoms with van der Waals surface area (Å²) in [6, 6.07) is 1.50. The second kappa shape index (κ2) is 21.2. The molecule has 1 fully saturated rings. The maximum absolute atomic E-state index is 12.4. The van der Waals surface area contributed by atoms with Crippen molar-refractivity contribution in [1.29, 1.82) is 0 Å². The van der Waals surface area contributed by atoms with Crippen molar-refractivity contribution in [1.82, 2.24) is 19.8 Å². The van der Waals surface area contributed by atoms with E-state index in [9.17, 15) is 14.4 Å². The number of rotatable bonds is 18. The van der Waals surface area contributed by atoms with Gasteiger partial charge in [0.2, 0.25) is 5.91 Å². The van der Waals surface area contributed by atoms with Crippen molar-refractivity contribution in [3.8, 4) is 0 Å². The number of unbranched alkanes of at least 4 members (excludes halogenated alkanes) is 1. The van der Waals surface area contributed by atoms with E-state index in [1.54, 1.807) is 7.05 Å². The fourth-order valence-corrected chi connectivity index (χ4v) is 4.60. The first-order valence-corrected chi connectivity index (χ1v) is 15.5. The summed E-state index contributed by atoms with van der Waals surface area (Å²) < 4.78 is 12.3. The number of ether oxygens (including phenoxy) is 2. The fourth-order valence-electron chi connectivity index (χ4n) is 3.68. The van der Waals surface area contributed by atoms with Gasteiger partial charge in [-0.1, -0.05) is 79.4 Å². The third kappa shape index (κ3) is 14.9. The number of hydrogen-bond donors (Lipinski definition) is 2. The van der Waals surface area contributed by atoms with Crippen molar-refractivity contribution in [2.45, 2.75) is 70.1 Å². The van der Waals surface area contributed by atoms with Crippen LogP contribution in [-0.2, 0) is 14.3 Å². The van der Waals surface area contributed by atoms with Gasteiger partial charge in [0.15, 0.2) is 6.23 Å². The third-order valence-corrected chi connectivity index (χ3v) is 6.97. The van der Waals surface area contributed by atoms with Gasteiger partial charge in [-0.2, -0.15) is 4.98 Å². The monoisotopic (exact) mass is 599 g/mol. The van der Waals surface area contributed by atoms with Gasteiger partial charge in [0, 0.05) is 38.5 Å². The molecule has 1 saturated heterocycles. The number of hydrogen-bond acceptors (Lipinski definition) is 8. The van der Waals surface area contributed by atoms with Gasteiger partial charge in [0.1, 0.15) is 5.82 Å². The quantitative estimate of drug-likeness (QED) is 0.168. The Hall–Kier alpha value is -3.57. The molecule has 2 rings (SSSR count). The van der Waals surface area contributed by atoms with Crippen LogP contribution in [0.25, 0.3) is 0 Å². The molecular formula is C31H45N5O5S. The largest absolute Gasteiger partial charge is 0.412 e. The van der Waals surface area contributed by atoms with Gasteiger partial charge in [-0.3, -0.25) is 9.36 Å². The van der Waals surface area contributed by atoms with E-state index in [4.69, 9.17) is 15.2 Å². The van der Waals surface area contributed by atoms with Gasteiger partial charge in [-0.15, -0.1) is 0 Å². The minimum absolute atomic E-state index is 0.0517. The minimum atomic E-state index is -0.847. The zero-order valence-corrected chi connectivity index (χ0v) is 25.5. The molecule has 1 aliphatic heterocycles. The number of anilines is 1. The lowest BCUT2D eigenvalue weighted by molar-refractivity contribution is -0.121. The topological polar surface area (TPSA) is 129 Å². The van der Waals surface area contributed by atoms with Gasteiger partial charge in [0.05, 0.1) is 0 Å². The molecule has 10 nitrogen and oxygen atoms in total. The lowest BCUT2D eigenvalue weighted by atomic mass is 10.2. The molecule has 0 spiro atoms. The predicted molar refractivity (Wildman–Crippen MR) is 170 cm³/mol. The van der Waals surface area contributed by atoms with E-state index in [1.807, 2.05) is 0 Å². The molecule has 42 heavy (non-hydrogen) atoms. The van der Waals surface area contributed by atoms with E-state index in [2.05, 4.69) is 78.0 Å². The first kappa shape index (κ1) is 34.6. The van der Waals surface area contributed by atoms with Gasteiger partial charge in [0.25, 0.3) is 5.62 Å². The number of carbonyl (C=O) groups is 2. The zero-order valence-electron chi connectivity index (χ0n) is 24.7. The van der Waals surface area contributed by atoms with Crippen molar-refractivity contribution < 1.29 is 19.1 Å². The number of thioether (sulfide) groups is 1. The van der Waals surface area contributed by atoms with Gasteiger partial charge >= 0.3 is 11.8 Å². The Morgan fingerprint density at radius 1 is 1.10 bits per heavy atom. The maximum Gasteiger partial charge on any atom is 0.412 e. The number of nitrogens with two attached hydrogens (primary N) is 1. The molecule has 0 radical (unpaired) electrons. The van der Waals surface area contributed by atoms with Crippen LogP contribution >= 0.6 is 11.8 Å². The van der Waals surface area contributed by atoms with Crippen molar-refractivity contribution in [2.75, 3.05) is 31.6 Å². The number of aromatic nitrogens is 2. The first-order valence-electron chi connectivity index (χ1n) is 14.5. The van der Waals surface area contributed by atoms with Crippen LogP contribution in [0.1, 0.15) is 64.5 Å². The van der Waals surface area contributed by atoms with Crippen molar-refractivity contribution in [2.24, 2.45) is 0 Å². The first-order chi connectivity index (χ1) is 20.4. The highest BCUT2D eigenvalue weighted by Crippen LogP contribution is 2.31. The molecule has 2 heterocycles. The van der Waals surface area contributed by atoms with Crippen LogP contribution in [0.3, 0.4) is 0 Å². The predicted octanol–water partition coefficient (Wildman–Crippen LogP) is 5.48. The molecule has 1 aromatic heterocycles. The molecular weight excluding hydrogens is 554 g/mol. The molecule has 230 valence electrons. The molecule has 0 aromatic carbocycles. The number of likely N-dealkylation sites (N-methyl/N-ethyl adjacent to an activating group) is 1. The lowest BCUT2D eigenvalue weighted by Crippen LogP contribution is -2.37. The summed E-state index contributed by atoms with van der Waals surface area (Å²) in [6.07, 6.45) is 28.8. The number of nitrogens with zero attached hydrogens (tertiary/aromatic N) is 3. The molecule has 2 amide bonds. The smallest absolute Gasteiger partial charge is 0.409 e. The number of nitrogens with one attached hydrogen (secondary N) is 1. The maximum atomic E-state index is 12.4. The molecule has 1 aliphatic rings. The minimum Gasteiger partial charge on any atom is -0.409 e. The average Bonchev–Trinajstić information content (AvgIpc) is 3.42. The Morgan fingerprint density at radius 2 is 1.71 bits per heavy atom. The average molecular weight is 600 g/mol. The highest BCUT2D eigenvalue weighted by molar-refractivity contribution is 7.99. The summed E-state index contributed by atoms with van der Waals surface area (Å²) in [7, 11) is 1.58. The van der Waals surface area contributed by atoms with Gasteiger partial charge < -0.3 is 25.4 Å². The number of nitrogen functional groups attached to an aromatic ring is 1. The summed E-state index contributed by atoms with van der Waals surface area (Å²) in [6.45, 7) is 2.75. The Morgan fingerprint density at radius 3 is 2.33 bits per heavy atom. The molecule has 0 saturated carbocycles. The zero-order chi connectivity index (χ0) is 30.4. The summed E-state index contributed by atoms with van der Waals surface area (Å²) in [5, 5.41) is 2.83. The molecule has 0 aliphatic carbocycles. The molecule has 1 aromatic rings. The number of amides is 2. The Balaban J connectivity index is 1.48. The highest BCUT2D eigenvalue weighted by atomic mass is 32.2. The third-order valence-electron chi connectivity index (χ3n) is 6.02. The number of allylic oxidation sites excluding steroid dienone is 10. The Labute approximate surface area is 253 Å².